The van der Waals surface area contributed by atoms with Crippen LogP contribution in [0.3, 0.4) is 0 Å². The van der Waals surface area contributed by atoms with Gasteiger partial charge in [-0.25, -0.2) is 0 Å². The van der Waals surface area contributed by atoms with Crippen molar-refractivity contribution < 1.29 is 19.8 Å². The first-order valence-electron chi connectivity index (χ1n) is 10.6. The lowest BCUT2D eigenvalue weighted by Crippen LogP contribution is -2.51. The molecule has 170 valence electrons. The van der Waals surface area contributed by atoms with E-state index in [1.165, 1.54) is 11.1 Å². The molecule has 5 atom stereocenters. The molecule has 0 aliphatic heterocycles. The Hall–Kier alpha value is -2.68. The van der Waals surface area contributed by atoms with Gasteiger partial charge in [0.05, 0.1) is 0 Å². The number of fused-ring (bicyclic) bond motifs is 2. The molecule has 0 spiro atoms. The van der Waals surface area contributed by atoms with E-state index in [1.54, 1.807) is 0 Å². The Morgan fingerprint density at radius 1 is 1.10 bits per heavy atom. The summed E-state index contributed by atoms with van der Waals surface area (Å²) in [5, 5.41) is 19.8. The number of allylic oxidation sites excluding steroid dienone is 2. The molecular weight excluding hydrogens is 402 g/mol. The zero-order valence-corrected chi connectivity index (χ0v) is 18.3. The molecule has 2 N–H and O–H groups in total. The van der Waals surface area contributed by atoms with Crippen molar-refractivity contribution in [2.75, 3.05) is 13.2 Å². The summed E-state index contributed by atoms with van der Waals surface area (Å²) < 4.78 is 0. The van der Waals surface area contributed by atoms with Crippen molar-refractivity contribution in [3.05, 3.63) is 67.8 Å². The standard InChI is InChI=1S/C22H31N3O6/c1-16(19(31-25(28)29)12-30-24(26)27)20(2)9-17-10-21(3,18-7-5-4-6-8-18)14-22(11-17,13-20)15-23/h4-9,16,19H,10-15,23H2,1-3H3. The molecule has 1 fully saturated rings. The van der Waals surface area contributed by atoms with Gasteiger partial charge in [0, 0.05) is 0 Å². The van der Waals surface area contributed by atoms with Crippen molar-refractivity contribution in [2.24, 2.45) is 22.5 Å². The van der Waals surface area contributed by atoms with Crippen LogP contribution in [0.1, 0.15) is 52.0 Å². The lowest BCUT2D eigenvalue weighted by Gasteiger charge is -2.55. The molecule has 0 radical (unpaired) electrons. The fraction of sp³-hybridized carbons (Fsp3) is 0.636. The van der Waals surface area contributed by atoms with Gasteiger partial charge in [0.1, 0.15) is 12.7 Å². The topological polar surface area (TPSA) is 131 Å². The number of rotatable bonds is 9. The minimum Gasteiger partial charge on any atom is -0.330 e. The van der Waals surface area contributed by atoms with Crippen LogP contribution in [0.25, 0.3) is 0 Å². The molecule has 2 bridgehead atoms. The Morgan fingerprint density at radius 3 is 2.35 bits per heavy atom. The van der Waals surface area contributed by atoms with E-state index in [9.17, 15) is 20.2 Å². The van der Waals surface area contributed by atoms with Crippen molar-refractivity contribution in [3.8, 4) is 0 Å². The van der Waals surface area contributed by atoms with Gasteiger partial charge in [0.15, 0.2) is 0 Å². The van der Waals surface area contributed by atoms with Crippen LogP contribution in [-0.2, 0) is 15.1 Å². The zero-order chi connectivity index (χ0) is 22.9. The third-order valence-corrected chi connectivity index (χ3v) is 7.34. The summed E-state index contributed by atoms with van der Waals surface area (Å²) in [6.07, 6.45) is 4.56. The second-order valence-electron chi connectivity index (χ2n) is 9.82. The van der Waals surface area contributed by atoms with Crippen molar-refractivity contribution >= 4 is 0 Å². The summed E-state index contributed by atoms with van der Waals surface area (Å²) in [6.45, 7) is 6.15. The second-order valence-corrected chi connectivity index (χ2v) is 9.82. The van der Waals surface area contributed by atoms with Crippen LogP contribution in [-0.4, -0.2) is 29.4 Å². The van der Waals surface area contributed by atoms with E-state index in [-0.39, 0.29) is 16.7 Å². The molecule has 0 amide bonds. The van der Waals surface area contributed by atoms with E-state index < -0.39 is 28.3 Å². The fourth-order valence-electron chi connectivity index (χ4n) is 6.04. The van der Waals surface area contributed by atoms with Crippen LogP contribution >= 0.6 is 0 Å². The molecule has 5 unspecified atom stereocenters. The van der Waals surface area contributed by atoms with Gasteiger partial charge in [-0.1, -0.05) is 62.8 Å². The van der Waals surface area contributed by atoms with Gasteiger partial charge in [-0.3, -0.25) is 0 Å². The van der Waals surface area contributed by atoms with Gasteiger partial charge >= 0.3 is 0 Å². The molecule has 3 rings (SSSR count). The van der Waals surface area contributed by atoms with Crippen LogP contribution in [0.4, 0.5) is 0 Å². The van der Waals surface area contributed by atoms with Crippen LogP contribution in [0, 0.1) is 37.0 Å². The predicted octanol–water partition coefficient (Wildman–Crippen LogP) is 3.83. The van der Waals surface area contributed by atoms with E-state index in [2.05, 4.69) is 42.1 Å². The number of hydrogen-bond acceptors (Lipinski definition) is 7. The van der Waals surface area contributed by atoms with Crippen LogP contribution in [0.5, 0.6) is 0 Å². The summed E-state index contributed by atoms with van der Waals surface area (Å²) >= 11 is 0. The Bertz CT molecular complexity index is 862. The van der Waals surface area contributed by atoms with E-state index in [1.807, 2.05) is 19.9 Å². The third-order valence-electron chi connectivity index (χ3n) is 7.34. The monoisotopic (exact) mass is 433 g/mol. The highest BCUT2D eigenvalue weighted by Crippen LogP contribution is 2.59. The summed E-state index contributed by atoms with van der Waals surface area (Å²) in [5.74, 6) is -0.389. The van der Waals surface area contributed by atoms with Crippen molar-refractivity contribution in [1.82, 2.24) is 0 Å². The molecule has 31 heavy (non-hydrogen) atoms. The van der Waals surface area contributed by atoms with Gasteiger partial charge in [-0.05, 0) is 60.0 Å². The first kappa shape index (κ1) is 23.0. The summed E-state index contributed by atoms with van der Waals surface area (Å²) in [7, 11) is 0. The van der Waals surface area contributed by atoms with Gasteiger partial charge in [-0.15, -0.1) is 20.2 Å². The van der Waals surface area contributed by atoms with Crippen molar-refractivity contribution in [2.45, 2.75) is 58.0 Å². The zero-order valence-electron chi connectivity index (χ0n) is 18.3. The molecule has 9 nitrogen and oxygen atoms in total. The van der Waals surface area contributed by atoms with Crippen molar-refractivity contribution in [3.63, 3.8) is 0 Å². The summed E-state index contributed by atoms with van der Waals surface area (Å²) in [4.78, 5) is 30.9. The first-order chi connectivity index (χ1) is 14.5. The molecular formula is C22H31N3O6. The fourth-order valence-corrected chi connectivity index (χ4v) is 6.04. The number of nitrogens with two attached hydrogens (primary N) is 1. The van der Waals surface area contributed by atoms with E-state index in [0.29, 0.717) is 6.54 Å². The van der Waals surface area contributed by atoms with Crippen LogP contribution < -0.4 is 5.73 Å². The Morgan fingerprint density at radius 2 is 1.77 bits per heavy atom. The first-order valence-corrected chi connectivity index (χ1v) is 10.6. The minimum absolute atomic E-state index is 0.0409. The average molecular weight is 434 g/mol. The van der Waals surface area contributed by atoms with Gasteiger partial charge < -0.3 is 15.4 Å². The van der Waals surface area contributed by atoms with Gasteiger partial charge in [-0.2, -0.15) is 0 Å². The van der Waals surface area contributed by atoms with Gasteiger partial charge in [0.2, 0.25) is 0 Å². The molecule has 0 heterocycles. The molecule has 1 saturated carbocycles. The lowest BCUT2D eigenvalue weighted by atomic mass is 9.50. The molecule has 0 saturated heterocycles. The Balaban J connectivity index is 1.93. The molecule has 2 aliphatic rings. The van der Waals surface area contributed by atoms with Gasteiger partial charge in [0.25, 0.3) is 10.2 Å². The Labute approximate surface area is 181 Å². The van der Waals surface area contributed by atoms with Crippen molar-refractivity contribution in [1.29, 1.82) is 0 Å². The van der Waals surface area contributed by atoms with E-state index in [0.717, 1.165) is 25.7 Å². The third kappa shape index (κ3) is 4.81. The second kappa shape index (κ2) is 8.45. The maximum Gasteiger partial charge on any atom is 0.294 e. The Kier molecular flexibility index (Phi) is 6.27. The maximum absolute atomic E-state index is 11.0. The molecule has 0 aromatic heterocycles. The summed E-state index contributed by atoms with van der Waals surface area (Å²) in [5.41, 5.74) is 8.24. The molecule has 9 heteroatoms. The van der Waals surface area contributed by atoms with Crippen LogP contribution in [0.2, 0.25) is 0 Å². The lowest BCUT2D eigenvalue weighted by molar-refractivity contribution is -0.792. The predicted molar refractivity (Wildman–Crippen MR) is 114 cm³/mol. The quantitative estimate of drug-likeness (QED) is 0.356. The minimum atomic E-state index is -1.06. The van der Waals surface area contributed by atoms with Crippen LogP contribution in [0.15, 0.2) is 42.0 Å². The number of benzene rings is 1. The largest absolute Gasteiger partial charge is 0.330 e. The highest BCUT2D eigenvalue weighted by molar-refractivity contribution is 5.34. The maximum atomic E-state index is 11.0. The molecule has 1 aromatic carbocycles. The highest BCUT2D eigenvalue weighted by atomic mass is 17.0. The van der Waals surface area contributed by atoms with E-state index >= 15 is 0 Å². The SMILES string of the molecule is CC(C(CO[N+](=O)[O-])O[N+](=O)[O-])C1(C)C=C2CC(CN)(CC(C)(c3ccccc3)C2)C1. The number of hydrogen-bond donors (Lipinski definition) is 1. The summed E-state index contributed by atoms with van der Waals surface area (Å²) in [6, 6.07) is 10.4. The normalized spacial score (nSPS) is 31.8. The number of nitrogens with zero attached hydrogens (tertiary/aromatic N) is 2. The molecule has 1 aromatic rings. The smallest absolute Gasteiger partial charge is 0.294 e. The highest BCUT2D eigenvalue weighted by Gasteiger charge is 2.52. The van der Waals surface area contributed by atoms with E-state index in [4.69, 9.17) is 10.6 Å². The molecule has 2 aliphatic carbocycles. The average Bonchev–Trinajstić information content (AvgIpc) is 2.70.